The quantitative estimate of drug-likeness (QED) is 0.661. The molecule has 0 aromatic heterocycles. The fourth-order valence-electron chi connectivity index (χ4n) is 2.69. The summed E-state index contributed by atoms with van der Waals surface area (Å²) in [4.78, 5) is 2.50. The maximum Gasteiger partial charge on any atom is 0.0924 e. The monoisotopic (exact) mass is 291 g/mol. The average molecular weight is 291 g/mol. The van der Waals surface area contributed by atoms with E-state index in [-0.39, 0.29) is 11.9 Å². The summed E-state index contributed by atoms with van der Waals surface area (Å²) in [5.41, 5.74) is 6.95. The zero-order valence-electron chi connectivity index (χ0n) is 12.4. The lowest BCUT2D eigenvalue weighted by molar-refractivity contribution is 0.210. The van der Waals surface area contributed by atoms with Gasteiger partial charge < -0.3 is 5.73 Å². The lowest BCUT2D eigenvalue weighted by Gasteiger charge is -2.31. The van der Waals surface area contributed by atoms with Gasteiger partial charge in [0.1, 0.15) is 0 Å². The summed E-state index contributed by atoms with van der Waals surface area (Å²) in [6.45, 7) is 6.79. The first kappa shape index (κ1) is 15.4. The second kappa shape index (κ2) is 6.64. The van der Waals surface area contributed by atoms with Gasteiger partial charge in [0.2, 0.25) is 0 Å². The van der Waals surface area contributed by atoms with Crippen molar-refractivity contribution in [2.45, 2.75) is 37.5 Å². The average Bonchev–Trinajstić information content (AvgIpc) is 2.58. The summed E-state index contributed by atoms with van der Waals surface area (Å²) < 4.78 is 0.353. The number of amidine groups is 1. The Morgan fingerprint density at radius 1 is 1.35 bits per heavy atom. The summed E-state index contributed by atoms with van der Waals surface area (Å²) >= 11 is 2.05. The van der Waals surface area contributed by atoms with Crippen LogP contribution in [0, 0.1) is 5.41 Å². The molecule has 1 heterocycles. The van der Waals surface area contributed by atoms with Crippen LogP contribution in [0.2, 0.25) is 0 Å². The van der Waals surface area contributed by atoms with Gasteiger partial charge in [0, 0.05) is 36.1 Å². The first-order valence-corrected chi connectivity index (χ1v) is 8.22. The van der Waals surface area contributed by atoms with Crippen LogP contribution in [0.3, 0.4) is 0 Å². The van der Waals surface area contributed by atoms with Crippen LogP contribution in [0.5, 0.6) is 0 Å². The van der Waals surface area contributed by atoms with Crippen molar-refractivity contribution in [2.75, 3.05) is 18.8 Å². The molecule has 0 amide bonds. The number of hydrogen-bond donors (Lipinski definition) is 2. The molecule has 0 bridgehead atoms. The molecule has 1 aliphatic heterocycles. The van der Waals surface area contributed by atoms with Crippen molar-refractivity contribution in [3.05, 3.63) is 35.9 Å². The van der Waals surface area contributed by atoms with Crippen molar-refractivity contribution in [3.8, 4) is 0 Å². The Labute approximate surface area is 126 Å². The Hall–Kier alpha value is -1.00. The van der Waals surface area contributed by atoms with Crippen LogP contribution >= 0.6 is 11.8 Å². The largest absolute Gasteiger partial charge is 0.388 e. The van der Waals surface area contributed by atoms with E-state index >= 15 is 0 Å². The predicted molar refractivity (Wildman–Crippen MR) is 88.4 cm³/mol. The van der Waals surface area contributed by atoms with Crippen molar-refractivity contribution in [2.24, 2.45) is 5.73 Å². The third kappa shape index (κ3) is 4.25. The zero-order chi connectivity index (χ0) is 14.6. The van der Waals surface area contributed by atoms with E-state index < -0.39 is 0 Å². The van der Waals surface area contributed by atoms with Gasteiger partial charge in [0.15, 0.2) is 0 Å². The molecule has 0 radical (unpaired) electrons. The molecular formula is C16H25N3S. The minimum Gasteiger partial charge on any atom is -0.388 e. The highest BCUT2D eigenvalue weighted by atomic mass is 32.2. The third-order valence-corrected chi connectivity index (χ3v) is 5.28. The standard InChI is InChI=1S/C16H25N3S/c1-16(2)8-9-19(10-11-20-16)14(12-15(17)18)13-6-4-3-5-7-13/h3-7,14H,8-12H2,1-2H3,(H3,17,18). The van der Waals surface area contributed by atoms with Crippen LogP contribution in [0.15, 0.2) is 30.3 Å². The van der Waals surface area contributed by atoms with Gasteiger partial charge in [0.25, 0.3) is 0 Å². The second-order valence-electron chi connectivity index (χ2n) is 6.05. The molecule has 2 rings (SSSR count). The van der Waals surface area contributed by atoms with Crippen LogP contribution in [0.1, 0.15) is 38.3 Å². The highest BCUT2D eigenvalue weighted by Gasteiger charge is 2.28. The van der Waals surface area contributed by atoms with E-state index in [0.717, 1.165) is 18.8 Å². The van der Waals surface area contributed by atoms with Gasteiger partial charge in [-0.15, -0.1) is 0 Å². The van der Waals surface area contributed by atoms with Gasteiger partial charge in [0.05, 0.1) is 5.84 Å². The Morgan fingerprint density at radius 3 is 2.70 bits per heavy atom. The van der Waals surface area contributed by atoms with Gasteiger partial charge in [-0.1, -0.05) is 44.2 Å². The summed E-state index contributed by atoms with van der Waals surface area (Å²) in [6, 6.07) is 10.7. The number of nitrogens with zero attached hydrogens (tertiary/aromatic N) is 1. The van der Waals surface area contributed by atoms with Crippen molar-refractivity contribution in [1.82, 2.24) is 4.90 Å². The molecule has 0 saturated carbocycles. The van der Waals surface area contributed by atoms with E-state index in [1.54, 1.807) is 0 Å². The lowest BCUT2D eigenvalue weighted by Crippen LogP contribution is -2.34. The van der Waals surface area contributed by atoms with E-state index in [4.69, 9.17) is 11.1 Å². The fraction of sp³-hybridized carbons (Fsp3) is 0.562. The van der Waals surface area contributed by atoms with Crippen LogP contribution in [-0.2, 0) is 0 Å². The molecule has 1 atom stereocenters. The van der Waals surface area contributed by atoms with E-state index in [0.29, 0.717) is 11.2 Å². The molecule has 1 aliphatic rings. The maximum atomic E-state index is 7.67. The number of nitrogens with two attached hydrogens (primary N) is 1. The first-order chi connectivity index (χ1) is 9.48. The van der Waals surface area contributed by atoms with E-state index in [1.807, 2.05) is 17.8 Å². The van der Waals surface area contributed by atoms with Crippen molar-refractivity contribution < 1.29 is 0 Å². The van der Waals surface area contributed by atoms with Crippen LogP contribution in [0.25, 0.3) is 0 Å². The molecule has 110 valence electrons. The van der Waals surface area contributed by atoms with E-state index in [1.165, 1.54) is 12.0 Å². The van der Waals surface area contributed by atoms with Gasteiger partial charge in [-0.25, -0.2) is 0 Å². The molecule has 0 aliphatic carbocycles. The number of thioether (sulfide) groups is 1. The maximum absolute atomic E-state index is 7.67. The van der Waals surface area contributed by atoms with Gasteiger partial charge in [-0.2, -0.15) is 11.8 Å². The van der Waals surface area contributed by atoms with E-state index in [9.17, 15) is 0 Å². The van der Waals surface area contributed by atoms with Crippen LogP contribution in [0.4, 0.5) is 0 Å². The molecular weight excluding hydrogens is 266 g/mol. The molecule has 3 N–H and O–H groups in total. The van der Waals surface area contributed by atoms with Gasteiger partial charge in [-0.05, 0) is 12.0 Å². The minimum atomic E-state index is 0.239. The number of benzene rings is 1. The Kier molecular flexibility index (Phi) is 5.11. The molecule has 1 unspecified atom stereocenters. The lowest BCUT2D eigenvalue weighted by atomic mass is 10.00. The highest BCUT2D eigenvalue weighted by molar-refractivity contribution is 8.00. The summed E-state index contributed by atoms with van der Waals surface area (Å²) in [7, 11) is 0. The van der Waals surface area contributed by atoms with Crippen molar-refractivity contribution in [1.29, 1.82) is 5.41 Å². The Morgan fingerprint density at radius 2 is 2.05 bits per heavy atom. The number of rotatable bonds is 4. The van der Waals surface area contributed by atoms with Crippen molar-refractivity contribution in [3.63, 3.8) is 0 Å². The molecule has 20 heavy (non-hydrogen) atoms. The first-order valence-electron chi connectivity index (χ1n) is 7.24. The fourth-order valence-corrected chi connectivity index (χ4v) is 3.80. The Bertz CT molecular complexity index is 444. The molecule has 1 aromatic carbocycles. The molecule has 0 spiro atoms. The summed E-state index contributed by atoms with van der Waals surface area (Å²) in [5, 5.41) is 7.67. The third-order valence-electron chi connectivity index (χ3n) is 3.91. The van der Waals surface area contributed by atoms with E-state index in [2.05, 4.69) is 43.0 Å². The highest BCUT2D eigenvalue weighted by Crippen LogP contribution is 2.34. The van der Waals surface area contributed by atoms with Gasteiger partial charge in [-0.3, -0.25) is 10.3 Å². The number of hydrogen-bond acceptors (Lipinski definition) is 3. The molecule has 4 heteroatoms. The second-order valence-corrected chi connectivity index (χ2v) is 7.85. The van der Waals surface area contributed by atoms with Crippen LogP contribution < -0.4 is 5.73 Å². The molecule has 1 aromatic rings. The minimum absolute atomic E-state index is 0.239. The van der Waals surface area contributed by atoms with Crippen molar-refractivity contribution >= 4 is 17.6 Å². The van der Waals surface area contributed by atoms with Crippen LogP contribution in [-0.4, -0.2) is 34.3 Å². The topological polar surface area (TPSA) is 53.1 Å². The SMILES string of the molecule is CC1(C)CCN(C(CC(=N)N)c2ccccc2)CCS1. The van der Waals surface area contributed by atoms with Gasteiger partial charge >= 0.3 is 0 Å². The normalized spacial score (nSPS) is 21.1. The zero-order valence-corrected chi connectivity index (χ0v) is 13.2. The molecule has 1 saturated heterocycles. The number of nitrogens with one attached hydrogen (secondary N) is 1. The molecule has 3 nitrogen and oxygen atoms in total. The summed E-state index contributed by atoms with van der Waals surface area (Å²) in [5.74, 6) is 1.42. The smallest absolute Gasteiger partial charge is 0.0924 e. The predicted octanol–water partition coefficient (Wildman–Crippen LogP) is 3.27. The molecule has 1 fully saturated rings. The summed E-state index contributed by atoms with van der Waals surface area (Å²) in [6.07, 6.45) is 1.80. The Balaban J connectivity index is 2.16.